The first kappa shape index (κ1) is 15.4. The molecule has 0 aromatic heterocycles. The molecule has 0 aliphatic carbocycles. The van der Waals surface area contributed by atoms with Crippen LogP contribution in [0.3, 0.4) is 0 Å². The van der Waals surface area contributed by atoms with E-state index in [9.17, 15) is 0 Å². The number of benzene rings is 3. The van der Waals surface area contributed by atoms with Crippen molar-refractivity contribution in [2.75, 3.05) is 13.1 Å². The third kappa shape index (κ3) is 2.86. The smallest absolute Gasteiger partial charge is 0.0487 e. The minimum Gasteiger partial charge on any atom is -0.316 e. The van der Waals surface area contributed by atoms with Crippen LogP contribution in [0.25, 0.3) is 22.3 Å². The van der Waals surface area contributed by atoms with E-state index in [1.807, 2.05) is 0 Å². The van der Waals surface area contributed by atoms with Gasteiger partial charge in [-0.2, -0.15) is 0 Å². The number of hydrogen-bond donors (Lipinski definition) is 1. The van der Waals surface area contributed by atoms with Crippen molar-refractivity contribution in [2.45, 2.75) is 12.8 Å². The number of hydrogen-bond acceptors (Lipinski definition) is 1. The van der Waals surface area contributed by atoms with E-state index in [2.05, 4.69) is 72.0 Å². The maximum Gasteiger partial charge on any atom is 0.0487 e. The number of fused-ring (bicyclic) bond motifs is 1. The third-order valence-corrected chi connectivity index (χ3v) is 5.08. The predicted molar refractivity (Wildman–Crippen MR) is 103 cm³/mol. The largest absolute Gasteiger partial charge is 0.316 e. The normalized spacial score (nSPS) is 14.0. The van der Waals surface area contributed by atoms with Crippen LogP contribution in [-0.4, -0.2) is 13.1 Å². The lowest BCUT2D eigenvalue weighted by Gasteiger charge is -2.18. The second kappa shape index (κ2) is 6.80. The summed E-state index contributed by atoms with van der Waals surface area (Å²) in [5, 5.41) is 4.34. The Balaban J connectivity index is 1.95. The first-order valence-electron chi connectivity index (χ1n) is 8.50. The van der Waals surface area contributed by atoms with E-state index in [4.69, 9.17) is 11.6 Å². The molecule has 0 saturated carbocycles. The fraction of sp³-hybridized carbons (Fsp3) is 0.182. The summed E-state index contributed by atoms with van der Waals surface area (Å²) in [6.45, 7) is 2.04. The minimum absolute atomic E-state index is 0.846. The molecular weight excluding hydrogens is 314 g/mol. The van der Waals surface area contributed by atoms with Crippen LogP contribution in [0.15, 0.2) is 66.7 Å². The summed E-state index contributed by atoms with van der Waals surface area (Å²) in [6.07, 6.45) is 2.08. The van der Waals surface area contributed by atoms with Crippen molar-refractivity contribution in [2.24, 2.45) is 0 Å². The van der Waals surface area contributed by atoms with Gasteiger partial charge in [0.05, 0.1) is 0 Å². The zero-order valence-corrected chi connectivity index (χ0v) is 14.3. The third-order valence-electron chi connectivity index (χ3n) is 4.76. The molecule has 0 amide bonds. The highest BCUT2D eigenvalue weighted by Gasteiger charge is 2.18. The Hall–Kier alpha value is -2.09. The molecule has 1 nitrogen and oxygen atoms in total. The first-order valence-corrected chi connectivity index (χ1v) is 8.88. The molecule has 3 aromatic rings. The highest BCUT2D eigenvalue weighted by molar-refractivity contribution is 6.33. The molecule has 0 bridgehead atoms. The van der Waals surface area contributed by atoms with E-state index < -0.39 is 0 Å². The van der Waals surface area contributed by atoms with Crippen LogP contribution in [-0.2, 0) is 12.8 Å². The van der Waals surface area contributed by atoms with Gasteiger partial charge >= 0.3 is 0 Å². The first-order chi connectivity index (χ1) is 11.8. The maximum atomic E-state index is 6.69. The average Bonchev–Trinajstić information content (AvgIpc) is 2.88. The van der Waals surface area contributed by atoms with E-state index in [1.54, 1.807) is 0 Å². The van der Waals surface area contributed by atoms with Crippen molar-refractivity contribution in [1.82, 2.24) is 5.32 Å². The molecule has 0 fully saturated rings. The van der Waals surface area contributed by atoms with Gasteiger partial charge in [0, 0.05) is 10.6 Å². The molecule has 0 unspecified atom stereocenters. The van der Waals surface area contributed by atoms with Crippen LogP contribution in [0.2, 0.25) is 5.02 Å². The average molecular weight is 334 g/mol. The molecule has 2 heteroatoms. The number of rotatable bonds is 2. The summed E-state index contributed by atoms with van der Waals surface area (Å²) < 4.78 is 0. The molecule has 0 radical (unpaired) electrons. The zero-order valence-electron chi connectivity index (χ0n) is 13.6. The molecule has 4 rings (SSSR count). The van der Waals surface area contributed by atoms with Gasteiger partial charge in [-0.25, -0.2) is 0 Å². The summed E-state index contributed by atoms with van der Waals surface area (Å²) in [5.74, 6) is 0. The monoisotopic (exact) mass is 333 g/mol. The van der Waals surface area contributed by atoms with Gasteiger partial charge in [0.15, 0.2) is 0 Å². The van der Waals surface area contributed by atoms with Crippen LogP contribution in [0, 0.1) is 0 Å². The van der Waals surface area contributed by atoms with Gasteiger partial charge in [-0.15, -0.1) is 0 Å². The van der Waals surface area contributed by atoms with Crippen LogP contribution >= 0.6 is 11.6 Å². The molecule has 120 valence electrons. The van der Waals surface area contributed by atoms with Gasteiger partial charge in [-0.05, 0) is 59.8 Å². The van der Waals surface area contributed by atoms with Crippen LogP contribution < -0.4 is 5.32 Å². The molecule has 3 aromatic carbocycles. The van der Waals surface area contributed by atoms with Gasteiger partial charge in [0.1, 0.15) is 0 Å². The standard InChI is InChI=1S/C22H20ClN/c23-21-11-10-17-12-14-24-15-13-19(17)22(21)20-9-5-4-8-18(20)16-6-2-1-3-7-16/h1-11,24H,12-15H2. The molecule has 24 heavy (non-hydrogen) atoms. The minimum atomic E-state index is 0.846. The summed E-state index contributed by atoms with van der Waals surface area (Å²) in [4.78, 5) is 0. The highest BCUT2D eigenvalue weighted by Crippen LogP contribution is 2.40. The van der Waals surface area contributed by atoms with E-state index in [1.165, 1.54) is 33.4 Å². The van der Waals surface area contributed by atoms with Crippen molar-refractivity contribution < 1.29 is 0 Å². The topological polar surface area (TPSA) is 12.0 Å². The Bertz CT molecular complexity index is 855. The Morgan fingerprint density at radius 3 is 2.25 bits per heavy atom. The van der Waals surface area contributed by atoms with Crippen molar-refractivity contribution >= 4 is 11.6 Å². The maximum absolute atomic E-state index is 6.69. The molecule has 1 N–H and O–H groups in total. The highest BCUT2D eigenvalue weighted by atomic mass is 35.5. The lowest BCUT2D eigenvalue weighted by Crippen LogP contribution is -2.16. The molecule has 0 saturated heterocycles. The van der Waals surface area contributed by atoms with Gasteiger partial charge < -0.3 is 5.32 Å². The van der Waals surface area contributed by atoms with Gasteiger partial charge in [0.25, 0.3) is 0 Å². The van der Waals surface area contributed by atoms with Gasteiger partial charge in [-0.3, -0.25) is 0 Å². The van der Waals surface area contributed by atoms with Crippen molar-refractivity contribution in [3.8, 4) is 22.3 Å². The Morgan fingerprint density at radius 2 is 1.42 bits per heavy atom. The van der Waals surface area contributed by atoms with Crippen molar-refractivity contribution in [3.05, 3.63) is 82.9 Å². The van der Waals surface area contributed by atoms with Crippen molar-refractivity contribution in [3.63, 3.8) is 0 Å². The SMILES string of the molecule is Clc1ccc2c(c1-c1ccccc1-c1ccccc1)CCNCC2. The Kier molecular flexibility index (Phi) is 4.38. The quantitative estimate of drug-likeness (QED) is 0.665. The van der Waals surface area contributed by atoms with Crippen LogP contribution in [0.5, 0.6) is 0 Å². The second-order valence-electron chi connectivity index (χ2n) is 6.22. The molecule has 1 aliphatic rings. The fourth-order valence-electron chi connectivity index (χ4n) is 3.61. The van der Waals surface area contributed by atoms with E-state index >= 15 is 0 Å². The van der Waals surface area contributed by atoms with Crippen LogP contribution in [0.1, 0.15) is 11.1 Å². The number of halogens is 1. The molecule has 1 heterocycles. The van der Waals surface area contributed by atoms with E-state index in [0.29, 0.717) is 0 Å². The van der Waals surface area contributed by atoms with Crippen molar-refractivity contribution in [1.29, 1.82) is 0 Å². The summed E-state index contributed by atoms with van der Waals surface area (Å²) in [6, 6.07) is 23.4. The Morgan fingerprint density at radius 1 is 0.708 bits per heavy atom. The predicted octanol–water partition coefficient (Wildman–Crippen LogP) is 5.36. The number of nitrogens with one attached hydrogen (secondary N) is 1. The molecule has 0 atom stereocenters. The van der Waals surface area contributed by atoms with E-state index in [-0.39, 0.29) is 0 Å². The summed E-state index contributed by atoms with van der Waals surface area (Å²) in [7, 11) is 0. The Labute approximate surface area is 148 Å². The summed E-state index contributed by atoms with van der Waals surface area (Å²) >= 11 is 6.69. The lowest BCUT2D eigenvalue weighted by atomic mass is 9.88. The van der Waals surface area contributed by atoms with Gasteiger partial charge in [-0.1, -0.05) is 72.3 Å². The molecular formula is C22H20ClN. The summed E-state index contributed by atoms with van der Waals surface area (Å²) in [5.41, 5.74) is 7.72. The molecule has 0 spiro atoms. The zero-order chi connectivity index (χ0) is 16.4. The molecule has 1 aliphatic heterocycles. The second-order valence-corrected chi connectivity index (χ2v) is 6.63. The van der Waals surface area contributed by atoms with E-state index in [0.717, 1.165) is 31.0 Å². The fourth-order valence-corrected chi connectivity index (χ4v) is 3.88. The van der Waals surface area contributed by atoms with Crippen LogP contribution in [0.4, 0.5) is 0 Å². The lowest BCUT2D eigenvalue weighted by molar-refractivity contribution is 0.711. The van der Waals surface area contributed by atoms with Gasteiger partial charge in [0.2, 0.25) is 0 Å².